The molecule has 1 aromatic carbocycles. The molecule has 0 radical (unpaired) electrons. The summed E-state index contributed by atoms with van der Waals surface area (Å²) < 4.78 is 1.89. The molecule has 1 aliphatic heterocycles. The van der Waals surface area contributed by atoms with Crippen LogP contribution in [0.3, 0.4) is 0 Å². The largest absolute Gasteiger partial charge is 0.370 e. The number of anilines is 3. The predicted octanol–water partition coefficient (Wildman–Crippen LogP) is 3.89. The summed E-state index contributed by atoms with van der Waals surface area (Å²) >= 11 is 0. The Kier molecular flexibility index (Phi) is 4.78. The van der Waals surface area contributed by atoms with Crippen molar-refractivity contribution in [2.24, 2.45) is 0 Å². The van der Waals surface area contributed by atoms with Crippen LogP contribution in [0.4, 0.5) is 17.5 Å². The van der Waals surface area contributed by atoms with Crippen LogP contribution in [0.5, 0.6) is 0 Å². The summed E-state index contributed by atoms with van der Waals surface area (Å²) in [5.74, 6) is 0.816. The van der Waals surface area contributed by atoms with E-state index in [1.807, 2.05) is 61.0 Å². The highest BCUT2D eigenvalue weighted by molar-refractivity contribution is 6.02. The van der Waals surface area contributed by atoms with E-state index in [4.69, 9.17) is 0 Å². The number of hydrogen-bond donors (Lipinski definition) is 2. The van der Waals surface area contributed by atoms with Crippen LogP contribution in [-0.4, -0.2) is 33.9 Å². The van der Waals surface area contributed by atoms with Gasteiger partial charge in [0, 0.05) is 38.3 Å². The Labute approximate surface area is 180 Å². The number of nitrogens with zero attached hydrogens (tertiary/aromatic N) is 4. The molecule has 4 heterocycles. The van der Waals surface area contributed by atoms with Crippen molar-refractivity contribution < 1.29 is 4.79 Å². The fourth-order valence-corrected chi connectivity index (χ4v) is 4.05. The van der Waals surface area contributed by atoms with Gasteiger partial charge in [0.1, 0.15) is 11.4 Å². The molecule has 0 unspecified atom stereocenters. The third kappa shape index (κ3) is 3.70. The van der Waals surface area contributed by atoms with E-state index in [0.29, 0.717) is 18.2 Å². The van der Waals surface area contributed by atoms with Gasteiger partial charge in [0.2, 0.25) is 5.95 Å². The van der Waals surface area contributed by atoms with Gasteiger partial charge in [0.05, 0.1) is 5.69 Å². The fraction of sp³-hybridized carbons (Fsp3) is 0.208. The van der Waals surface area contributed by atoms with E-state index in [-0.39, 0.29) is 5.91 Å². The first-order valence-electron chi connectivity index (χ1n) is 10.4. The average molecular weight is 412 g/mol. The number of amides is 1. The quantitative estimate of drug-likeness (QED) is 0.520. The van der Waals surface area contributed by atoms with Gasteiger partial charge in [-0.2, -0.15) is 4.98 Å². The first kappa shape index (κ1) is 19.1. The summed E-state index contributed by atoms with van der Waals surface area (Å²) in [6.07, 6.45) is 2.78. The Hall–Kier alpha value is -3.87. The van der Waals surface area contributed by atoms with Gasteiger partial charge in [-0.25, -0.2) is 4.98 Å². The van der Waals surface area contributed by atoms with Crippen molar-refractivity contribution in [1.29, 1.82) is 0 Å². The van der Waals surface area contributed by atoms with E-state index < -0.39 is 0 Å². The Morgan fingerprint density at radius 2 is 1.94 bits per heavy atom. The highest BCUT2D eigenvalue weighted by Crippen LogP contribution is 2.33. The minimum Gasteiger partial charge on any atom is -0.370 e. The monoisotopic (exact) mass is 412 g/mol. The number of benzene rings is 1. The minimum atomic E-state index is -0.235. The number of pyridine rings is 1. The second-order valence-electron chi connectivity index (χ2n) is 7.88. The van der Waals surface area contributed by atoms with Crippen LogP contribution in [0.15, 0.2) is 60.8 Å². The average Bonchev–Trinajstić information content (AvgIpc) is 3.34. The number of rotatable bonds is 5. The third-order valence-electron chi connectivity index (χ3n) is 5.55. The Morgan fingerprint density at radius 1 is 1.10 bits per heavy atom. The van der Waals surface area contributed by atoms with Crippen molar-refractivity contribution in [2.45, 2.75) is 19.9 Å². The lowest BCUT2D eigenvalue weighted by Gasteiger charge is -2.18. The smallest absolute Gasteiger partial charge is 0.274 e. The maximum Gasteiger partial charge on any atom is 0.274 e. The highest BCUT2D eigenvalue weighted by atomic mass is 16.2. The molecule has 0 atom stereocenters. The summed E-state index contributed by atoms with van der Waals surface area (Å²) in [6, 6.07) is 17.9. The molecule has 0 saturated carbocycles. The molecule has 4 aromatic rings. The second kappa shape index (κ2) is 7.75. The maximum absolute atomic E-state index is 13.0. The molecule has 7 nitrogen and oxygen atoms in total. The zero-order chi connectivity index (χ0) is 21.4. The first-order valence-corrected chi connectivity index (χ1v) is 10.4. The van der Waals surface area contributed by atoms with E-state index in [0.717, 1.165) is 46.8 Å². The van der Waals surface area contributed by atoms with Crippen molar-refractivity contribution in [3.63, 3.8) is 0 Å². The number of carbonyl (C=O) groups excluding carboxylic acids is 1. The molecule has 2 N–H and O–H groups in total. The fourth-order valence-electron chi connectivity index (χ4n) is 4.05. The number of aryl methyl sites for hydroxylation is 1. The Morgan fingerprint density at radius 3 is 2.77 bits per heavy atom. The molecule has 5 rings (SSSR count). The maximum atomic E-state index is 13.0. The van der Waals surface area contributed by atoms with Crippen LogP contribution >= 0.6 is 0 Å². The van der Waals surface area contributed by atoms with Gasteiger partial charge in [-0.3, -0.25) is 10.1 Å². The normalized spacial score (nSPS) is 12.8. The molecule has 1 aliphatic rings. The lowest BCUT2D eigenvalue weighted by atomic mass is 10.2. The third-order valence-corrected chi connectivity index (χ3v) is 5.55. The zero-order valence-corrected chi connectivity index (χ0v) is 17.6. The van der Waals surface area contributed by atoms with Crippen LogP contribution in [0.1, 0.15) is 27.3 Å². The molecule has 0 saturated heterocycles. The summed E-state index contributed by atoms with van der Waals surface area (Å²) in [5, 5.41) is 6.33. The Bertz CT molecular complexity index is 1260. The number of likely N-dealkylation sites (N-methyl/N-ethyl adjacent to an activating group) is 1. The van der Waals surface area contributed by atoms with Gasteiger partial charge >= 0.3 is 0 Å². The van der Waals surface area contributed by atoms with Gasteiger partial charge in [-0.05, 0) is 36.2 Å². The standard InChI is InChI=1S/C24H24N6O/c1-16-13-18-9-6-10-20(30(18)15-16)23(31)28-24-26-19-11-12-29(2)21(19)22(27-24)25-14-17-7-4-3-5-8-17/h3-10,13,15H,11-12,14H2,1-2H3,(H2,25,26,27,28,31). The van der Waals surface area contributed by atoms with E-state index in [9.17, 15) is 4.79 Å². The van der Waals surface area contributed by atoms with E-state index in [1.165, 1.54) is 0 Å². The van der Waals surface area contributed by atoms with E-state index in [1.54, 1.807) is 6.07 Å². The van der Waals surface area contributed by atoms with Crippen LogP contribution in [0.2, 0.25) is 0 Å². The lowest BCUT2D eigenvalue weighted by Crippen LogP contribution is -2.19. The van der Waals surface area contributed by atoms with Gasteiger partial charge in [0.15, 0.2) is 5.82 Å². The highest BCUT2D eigenvalue weighted by Gasteiger charge is 2.24. The zero-order valence-electron chi connectivity index (χ0n) is 17.6. The van der Waals surface area contributed by atoms with Crippen molar-refractivity contribution in [3.8, 4) is 0 Å². The minimum absolute atomic E-state index is 0.235. The lowest BCUT2D eigenvalue weighted by molar-refractivity contribution is 0.102. The molecule has 31 heavy (non-hydrogen) atoms. The first-order chi connectivity index (χ1) is 15.1. The van der Waals surface area contributed by atoms with Crippen LogP contribution < -0.4 is 15.5 Å². The van der Waals surface area contributed by atoms with Crippen LogP contribution in [0.25, 0.3) is 5.52 Å². The van der Waals surface area contributed by atoms with Crippen LogP contribution in [0, 0.1) is 6.92 Å². The van der Waals surface area contributed by atoms with Crippen molar-refractivity contribution in [3.05, 3.63) is 83.3 Å². The van der Waals surface area contributed by atoms with Crippen molar-refractivity contribution >= 4 is 28.9 Å². The van der Waals surface area contributed by atoms with E-state index >= 15 is 0 Å². The molecule has 0 bridgehead atoms. The Balaban J connectivity index is 1.44. The number of hydrogen-bond acceptors (Lipinski definition) is 5. The van der Waals surface area contributed by atoms with Gasteiger partial charge in [0.25, 0.3) is 5.91 Å². The number of nitrogens with one attached hydrogen (secondary N) is 2. The molecule has 0 aliphatic carbocycles. The second-order valence-corrected chi connectivity index (χ2v) is 7.88. The van der Waals surface area contributed by atoms with Gasteiger partial charge in [-0.1, -0.05) is 36.4 Å². The number of aromatic nitrogens is 3. The number of fused-ring (bicyclic) bond motifs is 2. The summed E-state index contributed by atoms with van der Waals surface area (Å²) in [7, 11) is 2.04. The molecule has 156 valence electrons. The van der Waals surface area contributed by atoms with Crippen molar-refractivity contribution in [1.82, 2.24) is 14.4 Å². The van der Waals surface area contributed by atoms with Gasteiger partial charge < -0.3 is 14.6 Å². The molecule has 0 fully saturated rings. The van der Waals surface area contributed by atoms with E-state index in [2.05, 4.69) is 37.6 Å². The predicted molar refractivity (Wildman–Crippen MR) is 123 cm³/mol. The summed E-state index contributed by atoms with van der Waals surface area (Å²) in [6.45, 7) is 3.54. The molecular weight excluding hydrogens is 388 g/mol. The molecule has 0 spiro atoms. The van der Waals surface area contributed by atoms with Crippen molar-refractivity contribution in [2.75, 3.05) is 29.1 Å². The summed E-state index contributed by atoms with van der Waals surface area (Å²) in [5.41, 5.74) is 5.73. The summed E-state index contributed by atoms with van der Waals surface area (Å²) in [4.78, 5) is 24.5. The van der Waals surface area contributed by atoms with Crippen LogP contribution in [-0.2, 0) is 13.0 Å². The SMILES string of the molecule is Cc1cc2cccc(C(=O)Nc3nc4c(c(NCc5ccccc5)n3)N(C)CC4)n2c1. The topological polar surface area (TPSA) is 74.6 Å². The molecule has 7 heteroatoms. The number of carbonyl (C=O) groups is 1. The van der Waals surface area contributed by atoms with Gasteiger partial charge in [-0.15, -0.1) is 0 Å². The molecule has 1 amide bonds. The molecule has 3 aromatic heterocycles. The molecular formula is C24H24N6O.